The summed E-state index contributed by atoms with van der Waals surface area (Å²) in [6.45, 7) is 1.87. The number of hydrazine groups is 1. The third-order valence-electron chi connectivity index (χ3n) is 2.83. The zero-order valence-corrected chi connectivity index (χ0v) is 11.4. The van der Waals surface area contributed by atoms with Crippen LogP contribution in [0.15, 0.2) is 18.2 Å². The molecule has 0 fully saturated rings. The molecule has 0 aliphatic carbocycles. The number of benzene rings is 1. The van der Waals surface area contributed by atoms with Crippen molar-refractivity contribution in [2.75, 3.05) is 12.0 Å². The number of hydrogen-bond acceptors (Lipinski definition) is 3. The van der Waals surface area contributed by atoms with Crippen LogP contribution < -0.4 is 11.3 Å². The summed E-state index contributed by atoms with van der Waals surface area (Å²) in [5.74, 6) is 4.88. The maximum Gasteiger partial charge on any atom is 0.419 e. The first-order chi connectivity index (χ1) is 8.81. The molecule has 1 aromatic rings. The standard InChI is InChI=1S/C12H16F4N2S/c1-7(6-19-2)11(18-17)8-3-4-10(13)9(5-8)12(14,15)16/h3-5,7,11,18H,6,17H2,1-2H3. The first kappa shape index (κ1) is 16.3. The van der Waals surface area contributed by atoms with E-state index in [0.717, 1.165) is 17.9 Å². The number of rotatable bonds is 5. The molecule has 0 aromatic heterocycles. The molecule has 2 nitrogen and oxygen atoms in total. The van der Waals surface area contributed by atoms with Crippen molar-refractivity contribution in [3.63, 3.8) is 0 Å². The first-order valence-electron chi connectivity index (χ1n) is 5.63. The second kappa shape index (κ2) is 6.58. The van der Waals surface area contributed by atoms with Gasteiger partial charge in [-0.25, -0.2) is 4.39 Å². The van der Waals surface area contributed by atoms with Crippen molar-refractivity contribution in [2.45, 2.75) is 19.1 Å². The molecule has 0 saturated heterocycles. The summed E-state index contributed by atoms with van der Waals surface area (Å²) in [6, 6.07) is 2.52. The van der Waals surface area contributed by atoms with Gasteiger partial charge in [0.2, 0.25) is 0 Å². The summed E-state index contributed by atoms with van der Waals surface area (Å²) >= 11 is 1.57. The normalized spacial score (nSPS) is 15.3. The lowest BCUT2D eigenvalue weighted by Gasteiger charge is -2.24. The Kier molecular flexibility index (Phi) is 5.64. The molecule has 1 rings (SSSR count). The van der Waals surface area contributed by atoms with Crippen LogP contribution in [0.4, 0.5) is 17.6 Å². The maximum absolute atomic E-state index is 13.2. The van der Waals surface area contributed by atoms with E-state index in [-0.39, 0.29) is 5.92 Å². The average Bonchev–Trinajstić information content (AvgIpc) is 2.31. The zero-order chi connectivity index (χ0) is 14.6. The summed E-state index contributed by atoms with van der Waals surface area (Å²) in [6.07, 6.45) is -2.81. The van der Waals surface area contributed by atoms with E-state index in [2.05, 4.69) is 5.43 Å². The molecule has 0 aliphatic rings. The monoisotopic (exact) mass is 296 g/mol. The van der Waals surface area contributed by atoms with Gasteiger partial charge < -0.3 is 0 Å². The van der Waals surface area contributed by atoms with Gasteiger partial charge in [0.15, 0.2) is 0 Å². The molecule has 0 spiro atoms. The van der Waals surface area contributed by atoms with Crippen molar-refractivity contribution in [1.82, 2.24) is 5.43 Å². The molecule has 0 amide bonds. The molecule has 108 valence electrons. The summed E-state index contributed by atoms with van der Waals surface area (Å²) < 4.78 is 51.2. The molecule has 0 bridgehead atoms. The lowest BCUT2D eigenvalue weighted by Crippen LogP contribution is -2.33. The van der Waals surface area contributed by atoms with Gasteiger partial charge in [-0.1, -0.05) is 13.0 Å². The van der Waals surface area contributed by atoms with E-state index in [4.69, 9.17) is 5.84 Å². The van der Waals surface area contributed by atoms with E-state index >= 15 is 0 Å². The van der Waals surface area contributed by atoms with E-state index in [1.165, 1.54) is 6.07 Å². The fraction of sp³-hybridized carbons (Fsp3) is 0.500. The molecule has 0 radical (unpaired) electrons. The quantitative estimate of drug-likeness (QED) is 0.497. The molecule has 0 saturated carbocycles. The minimum absolute atomic E-state index is 0.0199. The predicted octanol–water partition coefficient (Wildman–Crippen LogP) is 3.35. The van der Waals surface area contributed by atoms with Crippen molar-refractivity contribution in [3.05, 3.63) is 35.1 Å². The molecule has 2 atom stereocenters. The minimum atomic E-state index is -4.71. The van der Waals surface area contributed by atoms with Crippen LogP contribution in [0.25, 0.3) is 0 Å². The SMILES string of the molecule is CSCC(C)C(NN)c1ccc(F)c(C(F)(F)F)c1. The van der Waals surface area contributed by atoms with Gasteiger partial charge in [0.05, 0.1) is 5.56 Å². The number of thioether (sulfide) groups is 1. The molecule has 7 heteroatoms. The average molecular weight is 296 g/mol. The van der Waals surface area contributed by atoms with E-state index in [1.54, 1.807) is 11.8 Å². The van der Waals surface area contributed by atoms with Gasteiger partial charge in [-0.05, 0) is 35.6 Å². The van der Waals surface area contributed by atoms with E-state index in [0.29, 0.717) is 5.56 Å². The highest BCUT2D eigenvalue weighted by Crippen LogP contribution is 2.34. The van der Waals surface area contributed by atoms with Crippen LogP contribution >= 0.6 is 11.8 Å². The molecule has 1 aromatic carbocycles. The Morgan fingerprint density at radius 3 is 2.47 bits per heavy atom. The van der Waals surface area contributed by atoms with Crippen molar-refractivity contribution >= 4 is 11.8 Å². The molecule has 19 heavy (non-hydrogen) atoms. The van der Waals surface area contributed by atoms with Crippen LogP contribution in [0.3, 0.4) is 0 Å². The number of hydrogen-bond donors (Lipinski definition) is 2. The largest absolute Gasteiger partial charge is 0.419 e. The zero-order valence-electron chi connectivity index (χ0n) is 10.6. The van der Waals surface area contributed by atoms with Gasteiger partial charge in [0.25, 0.3) is 0 Å². The summed E-state index contributed by atoms with van der Waals surface area (Å²) in [7, 11) is 0. The second-order valence-corrected chi connectivity index (χ2v) is 5.22. The topological polar surface area (TPSA) is 38.0 Å². The van der Waals surface area contributed by atoms with Gasteiger partial charge in [0, 0.05) is 6.04 Å². The van der Waals surface area contributed by atoms with E-state index in [1.807, 2.05) is 13.2 Å². The summed E-state index contributed by atoms with van der Waals surface area (Å²) in [4.78, 5) is 0. The molecule has 0 aliphatic heterocycles. The minimum Gasteiger partial charge on any atom is -0.271 e. The van der Waals surface area contributed by atoms with Crippen LogP contribution in [-0.2, 0) is 6.18 Å². The van der Waals surface area contributed by atoms with Crippen molar-refractivity contribution in [1.29, 1.82) is 0 Å². The highest BCUT2D eigenvalue weighted by atomic mass is 32.2. The molecular weight excluding hydrogens is 280 g/mol. The summed E-state index contributed by atoms with van der Waals surface area (Å²) in [5, 5.41) is 0. The van der Waals surface area contributed by atoms with Crippen LogP contribution in [-0.4, -0.2) is 12.0 Å². The van der Waals surface area contributed by atoms with Crippen LogP contribution in [0, 0.1) is 11.7 Å². The number of nitrogens with one attached hydrogen (secondary N) is 1. The van der Waals surface area contributed by atoms with Gasteiger partial charge in [-0.3, -0.25) is 11.3 Å². The Balaban J connectivity index is 3.12. The predicted molar refractivity (Wildman–Crippen MR) is 69.0 cm³/mol. The Morgan fingerprint density at radius 2 is 2.00 bits per heavy atom. The molecule has 0 heterocycles. The highest BCUT2D eigenvalue weighted by Gasteiger charge is 2.35. The van der Waals surface area contributed by atoms with Crippen molar-refractivity contribution in [2.24, 2.45) is 11.8 Å². The van der Waals surface area contributed by atoms with Crippen LogP contribution in [0.1, 0.15) is 24.1 Å². The lowest BCUT2D eigenvalue weighted by atomic mass is 9.95. The fourth-order valence-corrected chi connectivity index (χ4v) is 2.62. The molecular formula is C12H16F4N2S. The third-order valence-corrected chi connectivity index (χ3v) is 3.69. The Labute approximate surface area is 113 Å². The van der Waals surface area contributed by atoms with Gasteiger partial charge >= 0.3 is 6.18 Å². The number of alkyl halides is 3. The number of halogens is 4. The van der Waals surface area contributed by atoms with Gasteiger partial charge in [-0.15, -0.1) is 0 Å². The van der Waals surface area contributed by atoms with Crippen molar-refractivity contribution < 1.29 is 17.6 Å². The molecule has 2 unspecified atom stereocenters. The highest BCUT2D eigenvalue weighted by molar-refractivity contribution is 7.98. The second-order valence-electron chi connectivity index (χ2n) is 4.31. The Hall–Kier alpha value is -0.790. The van der Waals surface area contributed by atoms with E-state index in [9.17, 15) is 17.6 Å². The molecule has 3 N–H and O–H groups in total. The summed E-state index contributed by atoms with van der Waals surface area (Å²) in [5.41, 5.74) is 1.57. The third kappa shape index (κ3) is 4.09. The van der Waals surface area contributed by atoms with Crippen LogP contribution in [0.5, 0.6) is 0 Å². The maximum atomic E-state index is 13.2. The van der Waals surface area contributed by atoms with Crippen molar-refractivity contribution in [3.8, 4) is 0 Å². The van der Waals surface area contributed by atoms with E-state index < -0.39 is 23.6 Å². The fourth-order valence-electron chi connectivity index (χ4n) is 1.90. The first-order valence-corrected chi connectivity index (χ1v) is 7.02. The Bertz CT molecular complexity index is 423. The smallest absolute Gasteiger partial charge is 0.271 e. The number of nitrogens with two attached hydrogens (primary N) is 1. The van der Waals surface area contributed by atoms with Crippen LogP contribution in [0.2, 0.25) is 0 Å². The Morgan fingerprint density at radius 1 is 1.37 bits per heavy atom. The van der Waals surface area contributed by atoms with Gasteiger partial charge in [-0.2, -0.15) is 24.9 Å². The lowest BCUT2D eigenvalue weighted by molar-refractivity contribution is -0.140. The van der Waals surface area contributed by atoms with Gasteiger partial charge in [0.1, 0.15) is 5.82 Å².